The summed E-state index contributed by atoms with van der Waals surface area (Å²) in [4.78, 5) is 14.8. The van der Waals surface area contributed by atoms with Crippen LogP contribution in [0.1, 0.15) is 28.8 Å². The topological polar surface area (TPSA) is 37.3 Å². The molecule has 0 fully saturated rings. The van der Waals surface area contributed by atoms with Crippen LogP contribution in [-0.4, -0.2) is 29.0 Å². The summed E-state index contributed by atoms with van der Waals surface area (Å²) >= 11 is 0. The van der Waals surface area contributed by atoms with E-state index in [1.54, 1.807) is 0 Å². The molecule has 27 heavy (non-hydrogen) atoms. The van der Waals surface area contributed by atoms with Crippen LogP contribution in [-0.2, 0) is 24.3 Å². The summed E-state index contributed by atoms with van der Waals surface area (Å²) in [5.41, 5.74) is 7.43. The van der Waals surface area contributed by atoms with E-state index in [4.69, 9.17) is 0 Å². The Hall–Kier alpha value is -2.59. The lowest BCUT2D eigenvalue weighted by atomic mass is 10.0. The Bertz CT molecular complexity index is 985. The smallest absolute Gasteiger partial charge is 0.226 e. The fourth-order valence-electron chi connectivity index (χ4n) is 4.03. The number of rotatable bonds is 4. The summed E-state index contributed by atoms with van der Waals surface area (Å²) in [6.45, 7) is 6.96. The summed E-state index contributed by atoms with van der Waals surface area (Å²) in [5.74, 6) is 0.0643. The molecule has 1 aliphatic heterocycles. The largest absolute Gasteiger partial charge is 0.344 e. The lowest BCUT2D eigenvalue weighted by Crippen LogP contribution is -2.27. The molecule has 0 unspecified atom stereocenters. The number of benzene rings is 2. The van der Waals surface area contributed by atoms with Crippen molar-refractivity contribution >= 4 is 22.5 Å². The predicted octanol–water partition coefficient (Wildman–Crippen LogP) is 4.27. The first-order valence-corrected chi connectivity index (χ1v) is 9.67. The van der Waals surface area contributed by atoms with E-state index in [9.17, 15) is 4.79 Å². The first-order valence-electron chi connectivity index (χ1n) is 9.67. The molecule has 0 bridgehead atoms. The van der Waals surface area contributed by atoms with Crippen LogP contribution in [0.2, 0.25) is 0 Å². The number of anilines is 1. The zero-order chi connectivity index (χ0) is 19.0. The summed E-state index contributed by atoms with van der Waals surface area (Å²) < 4.78 is 2.37. The molecule has 1 aromatic heterocycles. The van der Waals surface area contributed by atoms with Gasteiger partial charge in [-0.3, -0.25) is 4.79 Å². The maximum absolute atomic E-state index is 12.5. The van der Waals surface area contributed by atoms with Crippen LogP contribution in [0.5, 0.6) is 0 Å². The third-order valence-corrected chi connectivity index (χ3v) is 5.50. The van der Waals surface area contributed by atoms with E-state index in [1.165, 1.54) is 33.3 Å². The molecule has 0 atom stereocenters. The molecule has 2 heterocycles. The molecule has 4 rings (SSSR count). The molecule has 0 spiro atoms. The van der Waals surface area contributed by atoms with Crippen LogP contribution in [0, 0.1) is 13.8 Å². The highest BCUT2D eigenvalue weighted by molar-refractivity contribution is 5.91. The summed E-state index contributed by atoms with van der Waals surface area (Å²) in [7, 11) is 2.18. The quantitative estimate of drug-likeness (QED) is 0.753. The van der Waals surface area contributed by atoms with E-state index in [1.807, 2.05) is 31.2 Å². The molecular formula is C23H27N3O. The van der Waals surface area contributed by atoms with Gasteiger partial charge in [0, 0.05) is 54.8 Å². The molecule has 0 saturated carbocycles. The monoisotopic (exact) mass is 361 g/mol. The molecule has 4 nitrogen and oxygen atoms in total. The van der Waals surface area contributed by atoms with Crippen molar-refractivity contribution < 1.29 is 4.79 Å². The van der Waals surface area contributed by atoms with E-state index in [0.717, 1.165) is 31.7 Å². The maximum Gasteiger partial charge on any atom is 0.226 e. The number of amides is 1. The van der Waals surface area contributed by atoms with E-state index in [0.29, 0.717) is 6.42 Å². The number of aromatic nitrogens is 1. The van der Waals surface area contributed by atoms with Gasteiger partial charge in [0.1, 0.15) is 0 Å². The average molecular weight is 361 g/mol. The van der Waals surface area contributed by atoms with Gasteiger partial charge < -0.3 is 14.8 Å². The third kappa shape index (κ3) is 3.62. The highest BCUT2D eigenvalue weighted by atomic mass is 16.1. The zero-order valence-electron chi connectivity index (χ0n) is 16.4. The van der Waals surface area contributed by atoms with Crippen molar-refractivity contribution in [3.63, 3.8) is 0 Å². The van der Waals surface area contributed by atoms with Crippen molar-refractivity contribution in [2.75, 3.05) is 18.9 Å². The molecule has 1 aliphatic rings. The van der Waals surface area contributed by atoms with Crippen LogP contribution < -0.4 is 5.32 Å². The number of hydrogen-bond acceptors (Lipinski definition) is 2. The van der Waals surface area contributed by atoms with Crippen molar-refractivity contribution in [1.82, 2.24) is 9.47 Å². The molecule has 0 radical (unpaired) electrons. The van der Waals surface area contributed by atoms with Crippen LogP contribution in [0.25, 0.3) is 10.9 Å². The van der Waals surface area contributed by atoms with Crippen LogP contribution >= 0.6 is 0 Å². The van der Waals surface area contributed by atoms with E-state index in [-0.39, 0.29) is 5.91 Å². The van der Waals surface area contributed by atoms with Crippen LogP contribution in [0.3, 0.4) is 0 Å². The third-order valence-electron chi connectivity index (χ3n) is 5.50. The van der Waals surface area contributed by atoms with Gasteiger partial charge in [-0.2, -0.15) is 0 Å². The Kier molecular flexibility index (Phi) is 4.75. The molecule has 0 aliphatic carbocycles. The number of carbonyl (C=O) groups is 1. The highest BCUT2D eigenvalue weighted by Gasteiger charge is 2.22. The SMILES string of the molecule is Cc1ccc(NC(=O)CCn2c3c(c4cc(C)ccc42)CN(C)CC3)cc1. The number of fused-ring (bicyclic) bond motifs is 3. The highest BCUT2D eigenvalue weighted by Crippen LogP contribution is 2.31. The van der Waals surface area contributed by atoms with E-state index in [2.05, 4.69) is 47.0 Å². The second-order valence-corrected chi connectivity index (χ2v) is 7.75. The number of likely N-dealkylation sites (N-methyl/N-ethyl adjacent to an activating group) is 1. The first-order chi connectivity index (χ1) is 13.0. The molecule has 1 N–H and O–H groups in total. The predicted molar refractivity (Wildman–Crippen MR) is 111 cm³/mol. The van der Waals surface area contributed by atoms with Gasteiger partial charge in [-0.15, -0.1) is 0 Å². The van der Waals surface area contributed by atoms with Crippen molar-refractivity contribution in [2.24, 2.45) is 0 Å². The zero-order valence-corrected chi connectivity index (χ0v) is 16.4. The first kappa shape index (κ1) is 17.8. The number of aryl methyl sites for hydroxylation is 3. The average Bonchev–Trinajstić information content (AvgIpc) is 2.94. The van der Waals surface area contributed by atoms with Gasteiger partial charge in [0.2, 0.25) is 5.91 Å². The van der Waals surface area contributed by atoms with Crippen molar-refractivity contribution in [3.8, 4) is 0 Å². The van der Waals surface area contributed by atoms with Crippen molar-refractivity contribution in [3.05, 3.63) is 64.8 Å². The second-order valence-electron chi connectivity index (χ2n) is 7.75. The Morgan fingerprint density at radius 1 is 1.07 bits per heavy atom. The number of nitrogens with zero attached hydrogens (tertiary/aromatic N) is 2. The Morgan fingerprint density at radius 2 is 1.81 bits per heavy atom. The maximum atomic E-state index is 12.5. The molecule has 3 aromatic rings. The van der Waals surface area contributed by atoms with Gasteiger partial charge in [-0.1, -0.05) is 29.3 Å². The van der Waals surface area contributed by atoms with Crippen LogP contribution in [0.15, 0.2) is 42.5 Å². The Labute approximate surface area is 160 Å². The molecule has 140 valence electrons. The summed E-state index contributed by atoms with van der Waals surface area (Å²) in [5, 5.41) is 4.36. The number of nitrogens with one attached hydrogen (secondary N) is 1. The number of hydrogen-bond donors (Lipinski definition) is 1. The van der Waals surface area contributed by atoms with Crippen molar-refractivity contribution in [2.45, 2.75) is 39.8 Å². The van der Waals surface area contributed by atoms with Gasteiger partial charge in [0.25, 0.3) is 0 Å². The molecule has 4 heteroatoms. The molecular weight excluding hydrogens is 334 g/mol. The lowest BCUT2D eigenvalue weighted by Gasteiger charge is -2.24. The van der Waals surface area contributed by atoms with Gasteiger partial charge in [0.15, 0.2) is 0 Å². The van der Waals surface area contributed by atoms with Gasteiger partial charge in [0.05, 0.1) is 0 Å². The van der Waals surface area contributed by atoms with Gasteiger partial charge in [-0.05, 0) is 50.7 Å². The Morgan fingerprint density at radius 3 is 2.59 bits per heavy atom. The fraction of sp³-hybridized carbons (Fsp3) is 0.348. The minimum Gasteiger partial charge on any atom is -0.344 e. The minimum absolute atomic E-state index is 0.0643. The van der Waals surface area contributed by atoms with E-state index >= 15 is 0 Å². The normalized spacial score (nSPS) is 14.3. The summed E-state index contributed by atoms with van der Waals surface area (Å²) in [6.07, 6.45) is 1.52. The Balaban J connectivity index is 1.56. The van der Waals surface area contributed by atoms with Gasteiger partial charge >= 0.3 is 0 Å². The fourth-order valence-corrected chi connectivity index (χ4v) is 4.03. The second kappa shape index (κ2) is 7.20. The summed E-state index contributed by atoms with van der Waals surface area (Å²) in [6, 6.07) is 14.6. The standard InChI is InChI=1S/C23H27N3O/c1-16-4-7-18(8-5-16)24-23(27)11-13-26-21-9-6-17(2)14-19(21)20-15-25(3)12-10-22(20)26/h4-9,14H,10-13,15H2,1-3H3,(H,24,27). The minimum atomic E-state index is 0.0643. The van der Waals surface area contributed by atoms with Crippen LogP contribution in [0.4, 0.5) is 5.69 Å². The molecule has 2 aromatic carbocycles. The lowest BCUT2D eigenvalue weighted by molar-refractivity contribution is -0.116. The molecule has 1 amide bonds. The molecule has 0 saturated heterocycles. The number of carbonyl (C=O) groups excluding carboxylic acids is 1. The van der Waals surface area contributed by atoms with E-state index < -0.39 is 0 Å². The van der Waals surface area contributed by atoms with Crippen molar-refractivity contribution in [1.29, 1.82) is 0 Å². The van der Waals surface area contributed by atoms with Gasteiger partial charge in [-0.25, -0.2) is 0 Å².